The minimum Gasteiger partial charge on any atom is -0.660 e. The molecule has 1 fully saturated rings. The Morgan fingerprint density at radius 2 is 1.71 bits per heavy atom. The quantitative estimate of drug-likeness (QED) is 0.411. The van der Waals surface area contributed by atoms with Crippen molar-refractivity contribution in [1.82, 2.24) is 5.32 Å². The van der Waals surface area contributed by atoms with Crippen molar-refractivity contribution in [2.45, 2.75) is 0 Å². The van der Waals surface area contributed by atoms with Crippen molar-refractivity contribution in [3.63, 3.8) is 0 Å². The Labute approximate surface area is 93.2 Å². The van der Waals surface area contributed by atoms with Gasteiger partial charge >= 0.3 is 58.2 Å². The average Bonchev–Trinajstić information content (AvgIpc) is 1.72. The van der Waals surface area contributed by atoms with E-state index < -0.39 is 0 Å². The van der Waals surface area contributed by atoms with Gasteiger partial charge in [-0.2, -0.15) is 0 Å². The Bertz CT molecular complexity index is 25.2. The van der Waals surface area contributed by atoms with Crippen molar-refractivity contribution in [1.29, 1.82) is 0 Å². The third kappa shape index (κ3) is 4.24. The van der Waals surface area contributed by atoms with Gasteiger partial charge in [-0.25, -0.2) is 0 Å². The Balaban J connectivity index is 0.000000360. The molecule has 0 saturated carbocycles. The van der Waals surface area contributed by atoms with Gasteiger partial charge in [0.15, 0.2) is 0 Å². The molecule has 0 radical (unpaired) electrons. The first-order valence-corrected chi connectivity index (χ1v) is 2.34. The van der Waals surface area contributed by atoms with E-state index >= 15 is 0 Å². The van der Waals surface area contributed by atoms with Crippen molar-refractivity contribution in [2.24, 2.45) is 0 Å². The first-order chi connectivity index (χ1) is 3.00. The second-order valence-electron chi connectivity index (χ2n) is 1.42. The normalized spacial score (nSPS) is 20.6. The maximum atomic E-state index is 4.11. The predicted octanol–water partition coefficient (Wildman–Crippen LogP) is -3.03. The Kier molecular flexibility index (Phi) is 7.30. The van der Waals surface area contributed by atoms with Gasteiger partial charge in [-0.3, -0.25) is 0 Å². The summed E-state index contributed by atoms with van der Waals surface area (Å²) in [5.74, 6) is 0. The second-order valence-corrected chi connectivity index (χ2v) is 1.42. The summed E-state index contributed by atoms with van der Waals surface area (Å²) in [5.41, 5.74) is 0. The molecule has 1 rings (SSSR count). The van der Waals surface area contributed by atoms with Gasteiger partial charge in [0, 0.05) is 0 Å². The molecule has 36 valence electrons. The molecule has 0 aromatic carbocycles. The molecule has 0 aliphatic carbocycles. The van der Waals surface area contributed by atoms with Crippen molar-refractivity contribution >= 4 is 0 Å². The molecule has 0 bridgehead atoms. The van der Waals surface area contributed by atoms with E-state index in [1.54, 1.807) is 0 Å². The maximum Gasteiger partial charge on any atom is 1.00 e. The largest absolute Gasteiger partial charge is 1.00 e. The molecule has 0 spiro atoms. The van der Waals surface area contributed by atoms with Gasteiger partial charge < -0.3 is 10.6 Å². The Morgan fingerprint density at radius 1 is 1.14 bits per heavy atom. The van der Waals surface area contributed by atoms with Crippen LogP contribution >= 0.6 is 0 Å². The molecule has 2 nitrogen and oxygen atoms in total. The number of nitrogens with zero attached hydrogens (tertiary/aromatic N) is 1. The minimum atomic E-state index is 0. The SMILES string of the molecule is C1CNCC[N-]1.[Rb+]. The van der Waals surface area contributed by atoms with Gasteiger partial charge in [-0.05, 0) is 13.1 Å². The van der Waals surface area contributed by atoms with Gasteiger partial charge in [0.25, 0.3) is 0 Å². The summed E-state index contributed by atoms with van der Waals surface area (Å²) >= 11 is 0. The fourth-order valence-electron chi connectivity index (χ4n) is 0.553. The van der Waals surface area contributed by atoms with Gasteiger partial charge in [-0.15, -0.1) is 13.1 Å². The molecule has 1 aliphatic rings. The van der Waals surface area contributed by atoms with E-state index in [9.17, 15) is 0 Å². The summed E-state index contributed by atoms with van der Waals surface area (Å²) in [7, 11) is 0. The summed E-state index contributed by atoms with van der Waals surface area (Å²) < 4.78 is 0. The standard InChI is InChI=1S/C4H9N2.Rb/c1-2-6-4-3-5-1;/h5H,1-4H2;/q-1;+1. The monoisotopic (exact) mass is 170 g/mol. The van der Waals surface area contributed by atoms with Crippen molar-refractivity contribution in [3.8, 4) is 0 Å². The molecular formula is C4H9N2Rb. The number of piperazine rings is 1. The summed E-state index contributed by atoms with van der Waals surface area (Å²) in [4.78, 5) is 0. The number of hydrogen-bond donors (Lipinski definition) is 1. The topological polar surface area (TPSA) is 26.1 Å². The molecule has 0 amide bonds. The van der Waals surface area contributed by atoms with Crippen LogP contribution in [0.5, 0.6) is 0 Å². The number of hydrogen-bond acceptors (Lipinski definition) is 1. The zero-order valence-corrected chi connectivity index (χ0v) is 9.69. The van der Waals surface area contributed by atoms with E-state index in [2.05, 4.69) is 10.6 Å². The van der Waals surface area contributed by atoms with Gasteiger partial charge in [-0.1, -0.05) is 0 Å². The zero-order chi connectivity index (χ0) is 4.24. The molecule has 1 saturated heterocycles. The van der Waals surface area contributed by atoms with Crippen LogP contribution in [0.4, 0.5) is 0 Å². The van der Waals surface area contributed by atoms with Crippen LogP contribution in [-0.2, 0) is 0 Å². The van der Waals surface area contributed by atoms with Crippen LogP contribution in [0.2, 0.25) is 0 Å². The first-order valence-electron chi connectivity index (χ1n) is 2.34. The van der Waals surface area contributed by atoms with E-state index in [1.807, 2.05) is 0 Å². The van der Waals surface area contributed by atoms with Crippen LogP contribution in [0.1, 0.15) is 0 Å². The smallest absolute Gasteiger partial charge is 0.660 e. The maximum absolute atomic E-state index is 4.11. The second kappa shape index (κ2) is 5.85. The van der Waals surface area contributed by atoms with Crippen LogP contribution < -0.4 is 63.5 Å². The summed E-state index contributed by atoms with van der Waals surface area (Å²) in [6.07, 6.45) is 0. The summed E-state index contributed by atoms with van der Waals surface area (Å²) in [6, 6.07) is 0. The van der Waals surface area contributed by atoms with Crippen molar-refractivity contribution < 1.29 is 58.2 Å². The third-order valence-corrected chi connectivity index (χ3v) is 0.893. The van der Waals surface area contributed by atoms with Crippen LogP contribution in [-0.4, -0.2) is 26.2 Å². The van der Waals surface area contributed by atoms with E-state index in [-0.39, 0.29) is 58.2 Å². The molecule has 0 aromatic rings. The Morgan fingerprint density at radius 3 is 1.86 bits per heavy atom. The summed E-state index contributed by atoms with van der Waals surface area (Å²) in [5, 5.41) is 7.31. The Hall–Kier alpha value is 1.73. The molecule has 7 heavy (non-hydrogen) atoms. The molecule has 0 atom stereocenters. The van der Waals surface area contributed by atoms with Gasteiger partial charge in [0.2, 0.25) is 0 Å². The molecule has 1 N–H and O–H groups in total. The molecule has 1 heterocycles. The van der Waals surface area contributed by atoms with E-state index in [4.69, 9.17) is 0 Å². The zero-order valence-electron chi connectivity index (χ0n) is 4.78. The molecule has 1 aliphatic heterocycles. The average molecular weight is 171 g/mol. The number of nitrogens with one attached hydrogen (secondary N) is 1. The predicted molar refractivity (Wildman–Crippen MR) is 26.0 cm³/mol. The molecule has 0 aromatic heterocycles. The molecule has 0 unspecified atom stereocenters. The fraction of sp³-hybridized carbons (Fsp3) is 1.00. The van der Waals surface area contributed by atoms with Crippen molar-refractivity contribution in [3.05, 3.63) is 5.32 Å². The van der Waals surface area contributed by atoms with Crippen LogP contribution in [0.15, 0.2) is 0 Å². The molecule has 3 heteroatoms. The van der Waals surface area contributed by atoms with Crippen molar-refractivity contribution in [2.75, 3.05) is 26.2 Å². The van der Waals surface area contributed by atoms with Crippen LogP contribution in [0.3, 0.4) is 0 Å². The minimum absolute atomic E-state index is 0. The fourth-order valence-corrected chi connectivity index (χ4v) is 0.553. The number of rotatable bonds is 0. The van der Waals surface area contributed by atoms with E-state index in [0.29, 0.717) is 0 Å². The van der Waals surface area contributed by atoms with Gasteiger partial charge in [0.05, 0.1) is 0 Å². The first kappa shape index (κ1) is 8.73. The molecular weight excluding hydrogens is 162 g/mol. The third-order valence-electron chi connectivity index (χ3n) is 0.893. The van der Waals surface area contributed by atoms with Gasteiger partial charge in [0.1, 0.15) is 0 Å². The van der Waals surface area contributed by atoms with E-state index in [1.165, 1.54) is 0 Å². The summed E-state index contributed by atoms with van der Waals surface area (Å²) in [6.45, 7) is 4.19. The van der Waals surface area contributed by atoms with Crippen LogP contribution in [0.25, 0.3) is 5.32 Å². The van der Waals surface area contributed by atoms with Crippen LogP contribution in [0, 0.1) is 0 Å². The van der Waals surface area contributed by atoms with E-state index in [0.717, 1.165) is 26.2 Å².